The SMILES string of the molecule is C[SiH](C)Oc1c(CC/C=C(/C(=O)O)c2cccc(C(F)(F)F)c2)ccc(C23CC4CC(CC(C4)C2)C3)c1C(C)(C)C. The number of carbonyl (C=O) groups is 1. The molecule has 3 nitrogen and oxygen atoms in total. The van der Waals surface area contributed by atoms with Crippen LogP contribution in [0.4, 0.5) is 13.2 Å². The minimum absolute atomic E-state index is 0.0610. The standard InChI is InChI=1S/C34H43F3O3Si/c1-32(2,3)29-28(33-18-21-14-22(19-33)16-23(15-21)20-33)13-12-24(30(29)40-41(4)5)8-7-11-27(31(38)39)25-9-6-10-26(17-25)34(35,36)37/h6,9-13,17,21-23,41H,7-8,14-16,18-20H2,1-5H3,(H,38,39)/b27-11+. The number of carboxylic acid groups (broad SMARTS) is 1. The lowest BCUT2D eigenvalue weighted by Crippen LogP contribution is -2.49. The average molecular weight is 585 g/mol. The lowest BCUT2D eigenvalue weighted by molar-refractivity contribution is -0.137. The van der Waals surface area contributed by atoms with Crippen molar-refractivity contribution in [1.29, 1.82) is 0 Å². The van der Waals surface area contributed by atoms with Crippen LogP contribution in [0.25, 0.3) is 5.57 Å². The van der Waals surface area contributed by atoms with Crippen molar-refractivity contribution in [2.75, 3.05) is 0 Å². The molecule has 0 saturated heterocycles. The van der Waals surface area contributed by atoms with E-state index in [1.54, 1.807) is 6.08 Å². The van der Waals surface area contributed by atoms with Crippen molar-refractivity contribution >= 4 is 20.6 Å². The first-order valence-electron chi connectivity index (χ1n) is 15.1. The number of rotatable bonds is 8. The molecule has 1 N–H and O–H groups in total. The molecule has 0 spiro atoms. The predicted octanol–water partition coefficient (Wildman–Crippen LogP) is 8.93. The minimum atomic E-state index is -4.53. The molecule has 6 rings (SSSR count). The van der Waals surface area contributed by atoms with Gasteiger partial charge in [-0.05, 0) is 122 Å². The number of hydrogen-bond donors (Lipinski definition) is 1. The fourth-order valence-corrected chi connectivity index (χ4v) is 9.12. The number of halogens is 3. The van der Waals surface area contributed by atoms with E-state index in [1.807, 2.05) is 0 Å². The van der Waals surface area contributed by atoms with Crippen LogP contribution in [0.15, 0.2) is 42.5 Å². The number of carboxylic acids is 1. The van der Waals surface area contributed by atoms with Crippen molar-refractivity contribution in [2.45, 2.75) is 102 Å². The molecule has 2 aromatic carbocycles. The van der Waals surface area contributed by atoms with Gasteiger partial charge in [0.15, 0.2) is 0 Å². The second kappa shape index (κ2) is 10.9. The summed E-state index contributed by atoms with van der Waals surface area (Å²) < 4.78 is 46.6. The van der Waals surface area contributed by atoms with E-state index in [9.17, 15) is 23.1 Å². The third-order valence-electron chi connectivity index (χ3n) is 9.45. The second-order valence-corrected chi connectivity index (χ2v) is 16.5. The number of aliphatic carboxylic acids is 1. The molecule has 0 atom stereocenters. The van der Waals surface area contributed by atoms with Gasteiger partial charge in [-0.25, -0.2) is 4.79 Å². The van der Waals surface area contributed by atoms with Crippen molar-refractivity contribution in [3.05, 3.63) is 70.3 Å². The van der Waals surface area contributed by atoms with Gasteiger partial charge in [-0.15, -0.1) is 0 Å². The lowest BCUT2D eigenvalue weighted by Gasteiger charge is -2.58. The van der Waals surface area contributed by atoms with Gasteiger partial charge >= 0.3 is 12.1 Å². The molecule has 4 fully saturated rings. The zero-order chi connectivity index (χ0) is 29.7. The highest BCUT2D eigenvalue weighted by molar-refractivity contribution is 6.49. The molecule has 0 aromatic heterocycles. The third-order valence-corrected chi connectivity index (χ3v) is 10.2. The van der Waals surface area contributed by atoms with Crippen LogP contribution in [-0.2, 0) is 28.2 Å². The summed E-state index contributed by atoms with van der Waals surface area (Å²) in [5, 5.41) is 9.86. The maximum absolute atomic E-state index is 13.3. The molecule has 0 amide bonds. The van der Waals surface area contributed by atoms with E-state index in [4.69, 9.17) is 4.43 Å². The average Bonchev–Trinajstić information content (AvgIpc) is 2.84. The summed E-state index contributed by atoms with van der Waals surface area (Å²) in [6.45, 7) is 11.1. The number of aryl methyl sites for hydroxylation is 1. The molecular formula is C34H43F3O3Si. The van der Waals surface area contributed by atoms with Gasteiger partial charge in [0.2, 0.25) is 9.04 Å². The fourth-order valence-electron chi connectivity index (χ4n) is 8.38. The molecule has 4 bridgehead atoms. The Bertz CT molecular complexity index is 1300. The number of hydrogen-bond acceptors (Lipinski definition) is 2. The Hall–Kier alpha value is -2.54. The largest absolute Gasteiger partial charge is 0.547 e. The van der Waals surface area contributed by atoms with E-state index in [0.717, 1.165) is 41.2 Å². The Kier molecular flexibility index (Phi) is 7.99. The summed E-state index contributed by atoms with van der Waals surface area (Å²) in [5.74, 6) is 2.22. The minimum Gasteiger partial charge on any atom is -0.547 e. The van der Waals surface area contributed by atoms with Gasteiger partial charge in [-0.2, -0.15) is 13.2 Å². The fraction of sp³-hybridized carbons (Fsp3) is 0.559. The van der Waals surface area contributed by atoms with Crippen LogP contribution in [-0.4, -0.2) is 20.1 Å². The van der Waals surface area contributed by atoms with Gasteiger partial charge < -0.3 is 9.53 Å². The molecule has 41 heavy (non-hydrogen) atoms. The molecule has 4 aliphatic carbocycles. The quantitative estimate of drug-likeness (QED) is 0.249. The molecular weight excluding hydrogens is 541 g/mol. The zero-order valence-electron chi connectivity index (χ0n) is 24.9. The molecule has 7 heteroatoms. The normalized spacial score (nSPS) is 26.1. The smallest absolute Gasteiger partial charge is 0.416 e. The van der Waals surface area contributed by atoms with E-state index >= 15 is 0 Å². The van der Waals surface area contributed by atoms with Crippen LogP contribution in [0.3, 0.4) is 0 Å². The van der Waals surface area contributed by atoms with E-state index in [2.05, 4.69) is 46.0 Å². The van der Waals surface area contributed by atoms with Crippen LogP contribution in [0, 0.1) is 17.8 Å². The maximum Gasteiger partial charge on any atom is 0.416 e. The Morgan fingerprint density at radius 2 is 1.63 bits per heavy atom. The Morgan fingerprint density at radius 3 is 2.15 bits per heavy atom. The van der Waals surface area contributed by atoms with Crippen molar-refractivity contribution in [3.63, 3.8) is 0 Å². The highest BCUT2D eigenvalue weighted by Gasteiger charge is 2.53. The van der Waals surface area contributed by atoms with Gasteiger partial charge in [0.25, 0.3) is 0 Å². The molecule has 4 aliphatic rings. The third kappa shape index (κ3) is 6.16. The van der Waals surface area contributed by atoms with Crippen LogP contribution >= 0.6 is 0 Å². The monoisotopic (exact) mass is 584 g/mol. The van der Waals surface area contributed by atoms with Crippen LogP contribution in [0.2, 0.25) is 13.1 Å². The maximum atomic E-state index is 13.3. The van der Waals surface area contributed by atoms with Gasteiger partial charge in [0.1, 0.15) is 5.75 Å². The molecule has 222 valence electrons. The van der Waals surface area contributed by atoms with Crippen molar-refractivity contribution in [3.8, 4) is 5.75 Å². The van der Waals surface area contributed by atoms with Gasteiger partial charge in [-0.1, -0.05) is 51.1 Å². The number of benzene rings is 2. The first-order valence-corrected chi connectivity index (χ1v) is 17.9. The highest BCUT2D eigenvalue weighted by atomic mass is 28.3. The molecule has 0 unspecified atom stereocenters. The molecule has 2 aromatic rings. The van der Waals surface area contributed by atoms with E-state index in [-0.39, 0.29) is 22.0 Å². The summed E-state index contributed by atoms with van der Waals surface area (Å²) in [6.07, 6.45) is 5.90. The highest BCUT2D eigenvalue weighted by Crippen LogP contribution is 2.62. The van der Waals surface area contributed by atoms with E-state index in [1.165, 1.54) is 61.8 Å². The second-order valence-electron chi connectivity index (χ2n) is 14.1. The van der Waals surface area contributed by atoms with Crippen LogP contribution in [0.5, 0.6) is 5.75 Å². The van der Waals surface area contributed by atoms with Crippen molar-refractivity contribution in [1.82, 2.24) is 0 Å². The summed E-state index contributed by atoms with van der Waals surface area (Å²) in [6, 6.07) is 9.08. The Morgan fingerprint density at radius 1 is 1.02 bits per heavy atom. The van der Waals surface area contributed by atoms with Crippen molar-refractivity contribution < 1.29 is 27.5 Å². The molecule has 0 aliphatic heterocycles. The Labute approximate surface area is 243 Å². The topological polar surface area (TPSA) is 46.5 Å². The van der Waals surface area contributed by atoms with E-state index < -0.39 is 26.7 Å². The molecule has 0 heterocycles. The van der Waals surface area contributed by atoms with Crippen LogP contribution < -0.4 is 4.43 Å². The summed E-state index contributed by atoms with van der Waals surface area (Å²) >= 11 is 0. The molecule has 0 radical (unpaired) electrons. The zero-order valence-corrected chi connectivity index (χ0v) is 26.1. The summed E-state index contributed by atoms with van der Waals surface area (Å²) in [7, 11) is -1.48. The van der Waals surface area contributed by atoms with Gasteiger partial charge in [0.05, 0.1) is 11.1 Å². The summed E-state index contributed by atoms with van der Waals surface area (Å²) in [5.41, 5.74) is 3.00. The summed E-state index contributed by atoms with van der Waals surface area (Å²) in [4.78, 5) is 12.1. The number of alkyl halides is 3. The first-order chi connectivity index (χ1) is 19.2. The Balaban J connectivity index is 1.51. The van der Waals surface area contributed by atoms with Gasteiger partial charge in [-0.3, -0.25) is 0 Å². The molecule has 4 saturated carbocycles. The first kappa shape index (κ1) is 29.9. The van der Waals surface area contributed by atoms with Crippen molar-refractivity contribution in [2.24, 2.45) is 17.8 Å². The van der Waals surface area contributed by atoms with Gasteiger partial charge in [0, 0.05) is 5.56 Å². The lowest BCUT2D eigenvalue weighted by atomic mass is 9.47. The number of allylic oxidation sites excluding steroid dienone is 1. The predicted molar refractivity (Wildman–Crippen MR) is 160 cm³/mol. The van der Waals surface area contributed by atoms with E-state index in [0.29, 0.717) is 12.8 Å². The van der Waals surface area contributed by atoms with Crippen LogP contribution in [0.1, 0.15) is 93.5 Å².